The molecule has 2 rings (SSSR count). The highest BCUT2D eigenvalue weighted by atomic mass is 79.9. The zero-order valence-electron chi connectivity index (χ0n) is 12.8. The second-order valence-corrected chi connectivity index (χ2v) is 6.47. The molecule has 1 fully saturated rings. The van der Waals surface area contributed by atoms with E-state index in [1.807, 2.05) is 0 Å². The fourth-order valence-corrected chi connectivity index (χ4v) is 2.59. The second-order valence-electron chi connectivity index (χ2n) is 5.56. The fraction of sp³-hybridized carbons (Fsp3) is 0.438. The van der Waals surface area contributed by atoms with Crippen LogP contribution in [0.15, 0.2) is 28.7 Å². The summed E-state index contributed by atoms with van der Waals surface area (Å²) in [4.78, 5) is 36.7. The van der Waals surface area contributed by atoms with Gasteiger partial charge in [0.15, 0.2) is 0 Å². The van der Waals surface area contributed by atoms with Crippen LogP contribution in [0.1, 0.15) is 36.5 Å². The number of carbonyl (C=O) groups is 3. The molecule has 1 unspecified atom stereocenters. The van der Waals surface area contributed by atoms with Crippen molar-refractivity contribution in [1.82, 2.24) is 10.2 Å². The summed E-state index contributed by atoms with van der Waals surface area (Å²) in [5, 5.41) is 11.8. The van der Waals surface area contributed by atoms with Gasteiger partial charge >= 0.3 is 5.97 Å². The smallest absolute Gasteiger partial charge is 0.326 e. The quantitative estimate of drug-likeness (QED) is 0.755. The van der Waals surface area contributed by atoms with Gasteiger partial charge in [0.1, 0.15) is 6.04 Å². The summed E-state index contributed by atoms with van der Waals surface area (Å²) in [5.74, 6) is -1.50. The van der Waals surface area contributed by atoms with Crippen LogP contribution in [-0.2, 0) is 9.59 Å². The van der Waals surface area contributed by atoms with Crippen LogP contribution in [0.4, 0.5) is 0 Å². The highest BCUT2D eigenvalue weighted by molar-refractivity contribution is 9.10. The number of nitrogens with one attached hydrogen (secondary N) is 1. The molecular weight excluding hydrogens is 364 g/mol. The van der Waals surface area contributed by atoms with E-state index in [-0.39, 0.29) is 30.8 Å². The van der Waals surface area contributed by atoms with E-state index < -0.39 is 12.0 Å². The fourth-order valence-electron chi connectivity index (χ4n) is 2.32. The van der Waals surface area contributed by atoms with Crippen LogP contribution in [0.25, 0.3) is 0 Å². The van der Waals surface area contributed by atoms with Crippen molar-refractivity contribution in [2.45, 2.75) is 38.3 Å². The second kappa shape index (κ2) is 7.59. The molecule has 23 heavy (non-hydrogen) atoms. The summed E-state index contributed by atoms with van der Waals surface area (Å²) in [6, 6.07) is 6.09. The first-order valence-corrected chi connectivity index (χ1v) is 8.27. The average Bonchev–Trinajstić information content (AvgIpc) is 3.32. The van der Waals surface area contributed by atoms with E-state index in [4.69, 9.17) is 5.11 Å². The van der Waals surface area contributed by atoms with Crippen LogP contribution in [0.3, 0.4) is 0 Å². The third-order valence-electron chi connectivity index (χ3n) is 3.73. The average molecular weight is 383 g/mol. The number of carboxylic acids is 1. The van der Waals surface area contributed by atoms with Crippen molar-refractivity contribution < 1.29 is 19.5 Å². The largest absolute Gasteiger partial charge is 0.480 e. The predicted octanol–water partition coefficient (Wildman–Crippen LogP) is 2.03. The van der Waals surface area contributed by atoms with Crippen LogP contribution < -0.4 is 5.32 Å². The van der Waals surface area contributed by atoms with E-state index in [1.54, 1.807) is 24.3 Å². The zero-order valence-corrected chi connectivity index (χ0v) is 14.4. The van der Waals surface area contributed by atoms with Crippen LogP contribution >= 0.6 is 15.9 Å². The van der Waals surface area contributed by atoms with Gasteiger partial charge < -0.3 is 15.3 Å². The van der Waals surface area contributed by atoms with Crippen molar-refractivity contribution in [3.05, 3.63) is 34.3 Å². The molecule has 0 bridgehead atoms. The highest BCUT2D eigenvalue weighted by Gasteiger charge is 2.37. The van der Waals surface area contributed by atoms with Crippen molar-refractivity contribution in [1.29, 1.82) is 0 Å². The number of rotatable bonds is 7. The minimum atomic E-state index is -1.01. The summed E-state index contributed by atoms with van der Waals surface area (Å²) in [6.45, 7) is 1.70. The molecule has 6 nitrogen and oxygen atoms in total. The van der Waals surface area contributed by atoms with Gasteiger partial charge in [-0.15, -0.1) is 0 Å². The molecule has 0 spiro atoms. The molecule has 1 saturated carbocycles. The van der Waals surface area contributed by atoms with Gasteiger partial charge in [0.25, 0.3) is 5.91 Å². The molecule has 1 aliphatic carbocycles. The van der Waals surface area contributed by atoms with Crippen molar-refractivity contribution in [2.24, 2.45) is 0 Å². The standard InChI is InChI=1S/C16H19BrN2O4/c1-10(16(22)23)19(13-6-7-13)14(20)8-9-18-15(21)11-2-4-12(17)5-3-11/h2-5,10,13H,6-9H2,1H3,(H,18,21)(H,22,23). The first-order chi connectivity index (χ1) is 10.9. The monoisotopic (exact) mass is 382 g/mol. The summed E-state index contributed by atoms with van der Waals surface area (Å²) in [6.07, 6.45) is 1.78. The van der Waals surface area contributed by atoms with Gasteiger partial charge in [-0.2, -0.15) is 0 Å². The normalized spacial score (nSPS) is 14.9. The molecule has 2 N–H and O–H groups in total. The van der Waals surface area contributed by atoms with Crippen LogP contribution in [0.2, 0.25) is 0 Å². The number of hydrogen-bond donors (Lipinski definition) is 2. The number of carboxylic acid groups (broad SMARTS) is 1. The number of hydrogen-bond acceptors (Lipinski definition) is 3. The summed E-state index contributed by atoms with van der Waals surface area (Å²) < 4.78 is 0.881. The lowest BCUT2D eigenvalue weighted by Gasteiger charge is -2.26. The molecule has 0 radical (unpaired) electrons. The third-order valence-corrected chi connectivity index (χ3v) is 4.26. The van der Waals surface area contributed by atoms with Crippen LogP contribution in [0.5, 0.6) is 0 Å². The molecule has 1 aromatic carbocycles. The number of carbonyl (C=O) groups excluding carboxylic acids is 2. The van der Waals surface area contributed by atoms with Gasteiger partial charge in [-0.1, -0.05) is 15.9 Å². The van der Waals surface area contributed by atoms with Gasteiger partial charge in [-0.25, -0.2) is 4.79 Å². The molecule has 0 aliphatic heterocycles. The zero-order chi connectivity index (χ0) is 17.0. The van der Waals surface area contributed by atoms with E-state index in [9.17, 15) is 14.4 Å². The van der Waals surface area contributed by atoms with Crippen LogP contribution in [-0.4, -0.2) is 46.4 Å². The Hall–Kier alpha value is -1.89. The number of nitrogens with zero attached hydrogens (tertiary/aromatic N) is 1. The summed E-state index contributed by atoms with van der Waals surface area (Å²) in [7, 11) is 0. The third kappa shape index (κ3) is 4.79. The van der Waals surface area contributed by atoms with Gasteiger partial charge in [0.05, 0.1) is 0 Å². The number of halogens is 1. The minimum Gasteiger partial charge on any atom is -0.480 e. The van der Waals surface area contributed by atoms with Crippen molar-refractivity contribution in [2.75, 3.05) is 6.54 Å². The molecule has 1 aromatic rings. The maximum Gasteiger partial charge on any atom is 0.326 e. The van der Waals surface area contributed by atoms with Crippen molar-refractivity contribution in [3.8, 4) is 0 Å². The molecule has 2 amide bonds. The molecule has 7 heteroatoms. The Bertz CT molecular complexity index is 599. The topological polar surface area (TPSA) is 86.7 Å². The van der Waals surface area contributed by atoms with Gasteiger partial charge in [-0.05, 0) is 44.0 Å². The number of amides is 2. The van der Waals surface area contributed by atoms with E-state index in [0.717, 1.165) is 17.3 Å². The lowest BCUT2D eigenvalue weighted by Crippen LogP contribution is -2.45. The minimum absolute atomic E-state index is 0.0239. The molecule has 1 atom stereocenters. The number of benzene rings is 1. The van der Waals surface area contributed by atoms with E-state index in [0.29, 0.717) is 5.56 Å². The molecule has 124 valence electrons. The Morgan fingerprint density at radius 3 is 2.43 bits per heavy atom. The summed E-state index contributed by atoms with van der Waals surface area (Å²) in [5.41, 5.74) is 0.513. The van der Waals surface area contributed by atoms with E-state index in [2.05, 4.69) is 21.2 Å². The van der Waals surface area contributed by atoms with Crippen LogP contribution in [0, 0.1) is 0 Å². The lowest BCUT2D eigenvalue weighted by molar-refractivity contribution is -0.150. The molecule has 1 aliphatic rings. The van der Waals surface area contributed by atoms with Gasteiger partial charge in [0, 0.05) is 29.0 Å². The maximum absolute atomic E-state index is 12.2. The Labute approximate surface area is 143 Å². The molecule has 0 heterocycles. The lowest BCUT2D eigenvalue weighted by atomic mass is 10.2. The predicted molar refractivity (Wildman–Crippen MR) is 88.1 cm³/mol. The van der Waals surface area contributed by atoms with E-state index >= 15 is 0 Å². The maximum atomic E-state index is 12.2. The van der Waals surface area contributed by atoms with Gasteiger partial charge in [-0.3, -0.25) is 9.59 Å². The Morgan fingerprint density at radius 1 is 1.30 bits per heavy atom. The van der Waals surface area contributed by atoms with Gasteiger partial charge in [0.2, 0.25) is 5.91 Å². The first-order valence-electron chi connectivity index (χ1n) is 7.48. The summed E-state index contributed by atoms with van der Waals surface area (Å²) >= 11 is 3.30. The Morgan fingerprint density at radius 2 is 1.91 bits per heavy atom. The van der Waals surface area contributed by atoms with Crippen molar-refractivity contribution in [3.63, 3.8) is 0 Å². The molecular formula is C16H19BrN2O4. The Kier molecular flexibility index (Phi) is 5.76. The highest BCUT2D eigenvalue weighted by Crippen LogP contribution is 2.29. The first kappa shape index (κ1) is 17.5. The Balaban J connectivity index is 1.84. The van der Waals surface area contributed by atoms with Crippen molar-refractivity contribution >= 4 is 33.7 Å². The number of aliphatic carboxylic acids is 1. The van der Waals surface area contributed by atoms with E-state index in [1.165, 1.54) is 11.8 Å². The SMILES string of the molecule is CC(C(=O)O)N(C(=O)CCNC(=O)c1ccc(Br)cc1)C1CC1. The molecule has 0 saturated heterocycles. The molecule has 0 aromatic heterocycles.